The van der Waals surface area contributed by atoms with Crippen LogP contribution in [0.2, 0.25) is 0 Å². The predicted octanol–water partition coefficient (Wildman–Crippen LogP) is 6.21. The lowest BCUT2D eigenvalue weighted by molar-refractivity contribution is 1.25. The van der Waals surface area contributed by atoms with E-state index in [0.717, 1.165) is 38.4 Å². The molecule has 0 saturated heterocycles. The van der Waals surface area contributed by atoms with Crippen LogP contribution in [0.4, 0.5) is 17.1 Å². The Morgan fingerprint density at radius 2 is 1.39 bits per heavy atom. The van der Waals surface area contributed by atoms with Crippen molar-refractivity contribution in [2.45, 2.75) is 0 Å². The van der Waals surface area contributed by atoms with E-state index in [-0.39, 0.29) is 28.9 Å². The number of benzene rings is 5. The van der Waals surface area contributed by atoms with Crippen LogP contribution >= 0.6 is 0 Å². The van der Waals surface area contributed by atoms with Gasteiger partial charge in [0.2, 0.25) is 0 Å². The van der Waals surface area contributed by atoms with Gasteiger partial charge in [0.1, 0.15) is 0 Å². The lowest BCUT2D eigenvalue weighted by atomic mass is 9.45. The summed E-state index contributed by atoms with van der Waals surface area (Å²) in [6.07, 6.45) is 0. The number of nitrogens with zero attached hydrogens (tertiary/aromatic N) is 2. The molecule has 0 fully saturated rings. The molecule has 8 rings (SSSR count). The van der Waals surface area contributed by atoms with E-state index in [0.29, 0.717) is 5.69 Å². The van der Waals surface area contributed by atoms with Gasteiger partial charge in [-0.25, -0.2) is 0 Å². The van der Waals surface area contributed by atoms with Crippen LogP contribution in [0.3, 0.4) is 0 Å². The maximum Gasteiger partial charge on any atom is 0.333 e. The van der Waals surface area contributed by atoms with Gasteiger partial charge in [0.05, 0.1) is 12.3 Å². The molecule has 33 heavy (non-hydrogen) atoms. The molecule has 152 valence electrons. The Balaban J connectivity index is 1.63. The smallest absolute Gasteiger partial charge is 0.333 e. The Bertz CT molecular complexity index is 2200. The number of para-hydroxylation sites is 4. The molecular formula is C30H19BN2. The highest BCUT2D eigenvalue weighted by Gasteiger charge is 2.41. The van der Waals surface area contributed by atoms with Crippen molar-refractivity contribution in [1.29, 1.82) is 0 Å². The van der Waals surface area contributed by atoms with Crippen molar-refractivity contribution < 1.29 is 12.3 Å². The molecule has 1 aromatic heterocycles. The second-order valence-electron chi connectivity index (χ2n) is 8.30. The molecule has 0 bridgehead atoms. The van der Waals surface area contributed by atoms with Gasteiger partial charge in [-0.2, -0.15) is 0 Å². The molecule has 2 aliphatic heterocycles. The van der Waals surface area contributed by atoms with E-state index in [2.05, 4.69) is 10.5 Å². The molecule has 0 unspecified atom stereocenters. The van der Waals surface area contributed by atoms with E-state index < -0.39 is 49.1 Å². The standard InChI is InChI=1S/C30H19BN2/c1-2-10-20(11-3-1)32-27-18-7-5-16-25(27)31-29-22(13-9-19-28(29)32)24-15-8-14-23-21-12-4-6-17-26(21)33(31)30(23)24/h1-19H/i1D,2D,3D,5D,7D,10D,11D,16D,18D. The zero-order valence-electron chi connectivity index (χ0n) is 26.2. The summed E-state index contributed by atoms with van der Waals surface area (Å²) in [7, 11) is 0. The number of rotatable bonds is 1. The first-order chi connectivity index (χ1) is 20.1. The second kappa shape index (κ2) is 6.17. The molecule has 0 atom stereocenters. The van der Waals surface area contributed by atoms with E-state index in [1.807, 2.05) is 48.5 Å². The minimum absolute atomic E-state index is 0.0690. The van der Waals surface area contributed by atoms with E-state index in [1.165, 1.54) is 4.90 Å². The van der Waals surface area contributed by atoms with Crippen LogP contribution in [-0.2, 0) is 0 Å². The van der Waals surface area contributed by atoms with Crippen molar-refractivity contribution in [1.82, 2.24) is 4.48 Å². The summed E-state index contributed by atoms with van der Waals surface area (Å²) in [4.78, 5) is 1.44. The Hall–Kier alpha value is -4.24. The lowest BCUT2D eigenvalue weighted by Crippen LogP contribution is -2.56. The van der Waals surface area contributed by atoms with E-state index in [4.69, 9.17) is 12.3 Å². The maximum absolute atomic E-state index is 9.17. The monoisotopic (exact) mass is 427 g/mol. The van der Waals surface area contributed by atoms with Gasteiger partial charge in [-0.15, -0.1) is 0 Å². The number of aromatic nitrogens is 1. The van der Waals surface area contributed by atoms with Gasteiger partial charge in [0.25, 0.3) is 0 Å². The van der Waals surface area contributed by atoms with Crippen LogP contribution in [0.1, 0.15) is 12.3 Å². The molecule has 0 N–H and O–H groups in total. The Morgan fingerprint density at radius 1 is 0.636 bits per heavy atom. The van der Waals surface area contributed by atoms with Crippen molar-refractivity contribution in [2.75, 3.05) is 4.90 Å². The summed E-state index contributed by atoms with van der Waals surface area (Å²) in [5.41, 5.74) is 5.07. The highest BCUT2D eigenvalue weighted by atomic mass is 15.2. The third-order valence-corrected chi connectivity index (χ3v) is 6.78. The van der Waals surface area contributed by atoms with E-state index in [1.54, 1.807) is 6.07 Å². The minimum atomic E-state index is -0.661. The first-order valence-corrected chi connectivity index (χ1v) is 10.8. The number of anilines is 3. The summed E-state index contributed by atoms with van der Waals surface area (Å²) >= 11 is 0. The quantitative estimate of drug-likeness (QED) is 0.283. The molecule has 0 spiro atoms. The van der Waals surface area contributed by atoms with Crippen LogP contribution in [0.15, 0.2) is 115 Å². The summed E-state index contributed by atoms with van der Waals surface area (Å²) in [6, 6.07) is 15.7. The van der Waals surface area contributed by atoms with Crippen molar-refractivity contribution in [3.63, 3.8) is 0 Å². The fraction of sp³-hybridized carbons (Fsp3) is 0. The molecule has 0 saturated carbocycles. The third-order valence-electron chi connectivity index (χ3n) is 6.78. The van der Waals surface area contributed by atoms with Gasteiger partial charge < -0.3 is 9.38 Å². The van der Waals surface area contributed by atoms with Gasteiger partial charge in [-0.3, -0.25) is 0 Å². The maximum atomic E-state index is 9.17. The van der Waals surface area contributed by atoms with Gasteiger partial charge in [-0.1, -0.05) is 84.8 Å². The highest BCUT2D eigenvalue weighted by molar-refractivity contribution is 6.90. The number of hydrogen-bond acceptors (Lipinski definition) is 1. The third kappa shape index (κ3) is 2.10. The van der Waals surface area contributed by atoms with Crippen LogP contribution < -0.4 is 15.8 Å². The normalized spacial score (nSPS) is 17.2. The molecule has 2 nitrogen and oxygen atoms in total. The van der Waals surface area contributed by atoms with Crippen LogP contribution in [-0.4, -0.2) is 11.3 Å². The minimum Gasteiger partial charge on any atom is -0.375 e. The topological polar surface area (TPSA) is 8.17 Å². The SMILES string of the molecule is [2H]c1c([2H])c([2H])c(N2c3cccc4c3B(c3c([2H])c([2H])c([2H])c([2H])c32)n2c3ccccc3c3cccc-4c32)c([2H])c1[2H]. The zero-order chi connectivity index (χ0) is 29.4. The van der Waals surface area contributed by atoms with Gasteiger partial charge >= 0.3 is 6.85 Å². The molecule has 0 amide bonds. The zero-order valence-corrected chi connectivity index (χ0v) is 17.2. The molecule has 3 heterocycles. The molecule has 0 aliphatic carbocycles. The largest absolute Gasteiger partial charge is 0.375 e. The molecule has 5 aromatic carbocycles. The molecule has 2 aliphatic rings. The van der Waals surface area contributed by atoms with Crippen LogP contribution in [0.5, 0.6) is 0 Å². The second-order valence-corrected chi connectivity index (χ2v) is 8.30. The van der Waals surface area contributed by atoms with Gasteiger partial charge in [0.15, 0.2) is 0 Å². The number of fused-ring (bicyclic) bond motifs is 7. The predicted molar refractivity (Wildman–Crippen MR) is 140 cm³/mol. The summed E-state index contributed by atoms with van der Waals surface area (Å²) in [6.45, 7) is -0.661. The summed E-state index contributed by atoms with van der Waals surface area (Å²) in [5, 5.41) is 2.04. The molecule has 6 aromatic rings. The first-order valence-electron chi connectivity index (χ1n) is 15.3. The van der Waals surface area contributed by atoms with Crippen molar-refractivity contribution in [2.24, 2.45) is 0 Å². The summed E-state index contributed by atoms with van der Waals surface area (Å²) in [5.74, 6) is 0. The van der Waals surface area contributed by atoms with Gasteiger partial charge in [0, 0.05) is 44.4 Å². The van der Waals surface area contributed by atoms with Crippen LogP contribution in [0, 0.1) is 0 Å². The fourth-order valence-corrected chi connectivity index (χ4v) is 5.61. The van der Waals surface area contributed by atoms with Crippen molar-refractivity contribution in [3.05, 3.63) is 115 Å². The average molecular weight is 427 g/mol. The Kier molecular flexibility index (Phi) is 2.07. The van der Waals surface area contributed by atoms with E-state index >= 15 is 0 Å². The van der Waals surface area contributed by atoms with Gasteiger partial charge in [-0.05, 0) is 46.7 Å². The van der Waals surface area contributed by atoms with Crippen molar-refractivity contribution in [3.8, 4) is 11.1 Å². The van der Waals surface area contributed by atoms with E-state index in [9.17, 15) is 0 Å². The molecule has 0 radical (unpaired) electrons. The highest BCUT2D eigenvalue weighted by Crippen LogP contribution is 2.44. The summed E-state index contributed by atoms with van der Waals surface area (Å²) < 4.78 is 80.1. The average Bonchev–Trinajstić information content (AvgIpc) is 3.34. The van der Waals surface area contributed by atoms with Crippen LogP contribution in [0.25, 0.3) is 32.9 Å². The Labute approximate surface area is 205 Å². The first kappa shape index (κ1) is 11.1. The Morgan fingerprint density at radius 3 is 2.33 bits per heavy atom. The van der Waals surface area contributed by atoms with Crippen molar-refractivity contribution >= 4 is 56.6 Å². The lowest BCUT2D eigenvalue weighted by Gasteiger charge is -2.40. The molecule has 3 heteroatoms. The number of hydrogen-bond donors (Lipinski definition) is 0. The molecular weight excluding hydrogens is 399 g/mol. The fourth-order valence-electron chi connectivity index (χ4n) is 5.61.